The van der Waals surface area contributed by atoms with Gasteiger partial charge in [-0.2, -0.15) is 0 Å². The molecule has 1 heterocycles. The fraction of sp³-hybridized carbons (Fsp3) is 0.667. The van der Waals surface area contributed by atoms with Gasteiger partial charge in [0.05, 0.1) is 6.10 Å². The normalized spacial score (nSPS) is 34.1. The van der Waals surface area contributed by atoms with E-state index >= 15 is 0 Å². The Kier molecular flexibility index (Phi) is 7.33. The minimum absolute atomic E-state index is 0.0441. The fourth-order valence-corrected chi connectivity index (χ4v) is 2.17. The van der Waals surface area contributed by atoms with Crippen LogP contribution in [0.3, 0.4) is 0 Å². The molecule has 1 aliphatic heterocycles. The number of amides is 2. The number of aliphatic hydroxyl groups excluding tert-OH is 1. The molecule has 0 aromatic carbocycles. The van der Waals surface area contributed by atoms with Gasteiger partial charge in [0.2, 0.25) is 0 Å². The second kappa shape index (κ2) is 8.76. The second-order valence-corrected chi connectivity index (χ2v) is 5.24. The van der Waals surface area contributed by atoms with Crippen molar-refractivity contribution in [2.75, 3.05) is 20.2 Å². The number of aliphatic hydroxyl groups is 1. The highest BCUT2D eigenvalue weighted by Gasteiger charge is 2.21. The van der Waals surface area contributed by atoms with Gasteiger partial charge >= 0.3 is 6.03 Å². The van der Waals surface area contributed by atoms with E-state index in [0.717, 1.165) is 18.4 Å². The van der Waals surface area contributed by atoms with E-state index in [0.29, 0.717) is 13.1 Å². The molecule has 0 saturated carbocycles. The monoisotopic (exact) mass is 282 g/mol. The lowest BCUT2D eigenvalue weighted by Crippen LogP contribution is -2.37. The fourth-order valence-electron chi connectivity index (χ4n) is 2.17. The molecule has 1 aliphatic rings. The molecule has 0 aliphatic carbocycles. The van der Waals surface area contributed by atoms with Gasteiger partial charge in [-0.25, -0.2) is 4.79 Å². The molecule has 0 radical (unpaired) electrons. The molecule has 20 heavy (non-hydrogen) atoms. The van der Waals surface area contributed by atoms with Crippen molar-refractivity contribution in [1.82, 2.24) is 10.6 Å². The molecule has 0 bridgehead atoms. The quantitative estimate of drug-likeness (QED) is 0.640. The van der Waals surface area contributed by atoms with E-state index in [1.807, 2.05) is 32.1 Å². The first-order chi connectivity index (χ1) is 9.54. The Hall–Kier alpha value is -1.33. The molecule has 5 heteroatoms. The summed E-state index contributed by atoms with van der Waals surface area (Å²) in [5.74, 6) is -0.0441. The van der Waals surface area contributed by atoms with Crippen molar-refractivity contribution >= 4 is 6.03 Å². The minimum atomic E-state index is -0.594. The summed E-state index contributed by atoms with van der Waals surface area (Å²) < 4.78 is 5.33. The van der Waals surface area contributed by atoms with E-state index in [1.54, 1.807) is 7.11 Å². The van der Waals surface area contributed by atoms with Crippen molar-refractivity contribution in [2.24, 2.45) is 5.92 Å². The maximum Gasteiger partial charge on any atom is 0.315 e. The first-order valence-electron chi connectivity index (χ1n) is 7.11. The molecule has 2 amide bonds. The van der Waals surface area contributed by atoms with Crippen LogP contribution in [0.25, 0.3) is 0 Å². The maximum absolute atomic E-state index is 11.5. The molecule has 0 aromatic heterocycles. The van der Waals surface area contributed by atoms with Crippen LogP contribution < -0.4 is 10.6 Å². The van der Waals surface area contributed by atoms with E-state index in [-0.39, 0.29) is 18.1 Å². The van der Waals surface area contributed by atoms with Crippen molar-refractivity contribution < 1.29 is 14.6 Å². The van der Waals surface area contributed by atoms with Gasteiger partial charge in [-0.1, -0.05) is 30.7 Å². The SMILES string of the molecule is COC1/C=C/CCCNC(=O)NC/C(C)=C/C(C)C1O. The van der Waals surface area contributed by atoms with Crippen LogP contribution in [0.1, 0.15) is 26.7 Å². The average molecular weight is 282 g/mol. The van der Waals surface area contributed by atoms with Crippen molar-refractivity contribution in [3.8, 4) is 0 Å². The van der Waals surface area contributed by atoms with Gasteiger partial charge in [-0.05, 0) is 19.8 Å². The number of urea groups is 1. The lowest BCUT2D eigenvalue weighted by molar-refractivity contribution is -0.00185. The molecule has 0 saturated heterocycles. The molecule has 0 fully saturated rings. The molecule has 3 atom stereocenters. The smallest absolute Gasteiger partial charge is 0.315 e. The molecule has 114 valence electrons. The zero-order chi connectivity index (χ0) is 15.0. The summed E-state index contributed by atoms with van der Waals surface area (Å²) in [4.78, 5) is 11.5. The molecule has 0 spiro atoms. The highest BCUT2D eigenvalue weighted by atomic mass is 16.5. The van der Waals surface area contributed by atoms with E-state index in [9.17, 15) is 9.90 Å². The van der Waals surface area contributed by atoms with Crippen LogP contribution in [0, 0.1) is 5.92 Å². The summed E-state index contributed by atoms with van der Waals surface area (Å²) in [5.41, 5.74) is 1.02. The molecular formula is C15H26N2O3. The molecule has 3 unspecified atom stereocenters. The Labute approximate surface area is 121 Å². The topological polar surface area (TPSA) is 70.6 Å². The summed E-state index contributed by atoms with van der Waals surface area (Å²) in [6.45, 7) is 5.00. The van der Waals surface area contributed by atoms with Crippen molar-refractivity contribution in [3.63, 3.8) is 0 Å². The molecular weight excluding hydrogens is 256 g/mol. The number of carbonyl (C=O) groups is 1. The predicted molar refractivity (Wildman–Crippen MR) is 79.5 cm³/mol. The standard InChI is InChI=1S/C15H26N2O3/c1-11-9-12(2)14(18)13(20-3)7-5-4-6-8-16-15(19)17-10-11/h5,7,9,12-14,18H,4,6,8,10H2,1-3H3,(H2,16,17,19)/b7-5+,11-9+. The molecule has 0 aromatic rings. The van der Waals surface area contributed by atoms with Crippen molar-refractivity contribution in [3.05, 3.63) is 23.8 Å². The van der Waals surface area contributed by atoms with Crippen LogP contribution in [0.4, 0.5) is 4.79 Å². The summed E-state index contributed by atoms with van der Waals surface area (Å²) >= 11 is 0. The van der Waals surface area contributed by atoms with Crippen LogP contribution >= 0.6 is 0 Å². The first-order valence-corrected chi connectivity index (χ1v) is 7.11. The van der Waals surface area contributed by atoms with Crippen LogP contribution in [0.2, 0.25) is 0 Å². The summed E-state index contributed by atoms with van der Waals surface area (Å²) in [6, 6.07) is -0.151. The number of nitrogens with one attached hydrogen (secondary N) is 2. The van der Waals surface area contributed by atoms with Crippen LogP contribution in [0.15, 0.2) is 23.8 Å². The van der Waals surface area contributed by atoms with Gasteiger partial charge in [-0.15, -0.1) is 0 Å². The number of rotatable bonds is 1. The Morgan fingerprint density at radius 2 is 2.15 bits per heavy atom. The Bertz CT molecular complexity index is 366. The third-order valence-corrected chi connectivity index (χ3v) is 3.38. The van der Waals surface area contributed by atoms with Crippen LogP contribution in [-0.2, 0) is 4.74 Å². The van der Waals surface area contributed by atoms with E-state index in [2.05, 4.69) is 10.6 Å². The number of ether oxygens (including phenoxy) is 1. The Morgan fingerprint density at radius 1 is 1.40 bits per heavy atom. The lowest BCUT2D eigenvalue weighted by Gasteiger charge is -2.23. The summed E-state index contributed by atoms with van der Waals surface area (Å²) in [7, 11) is 1.60. The number of methoxy groups -OCH3 is 1. The number of hydrogen-bond donors (Lipinski definition) is 3. The van der Waals surface area contributed by atoms with Gasteiger partial charge < -0.3 is 20.5 Å². The molecule has 3 N–H and O–H groups in total. The van der Waals surface area contributed by atoms with Crippen LogP contribution in [-0.4, -0.2) is 43.5 Å². The number of allylic oxidation sites excluding steroid dienone is 1. The zero-order valence-electron chi connectivity index (χ0n) is 12.6. The Morgan fingerprint density at radius 3 is 2.85 bits per heavy atom. The van der Waals surface area contributed by atoms with Gasteiger partial charge in [0.1, 0.15) is 6.10 Å². The van der Waals surface area contributed by atoms with Gasteiger partial charge in [-0.3, -0.25) is 0 Å². The summed E-state index contributed by atoms with van der Waals surface area (Å²) in [5, 5.41) is 15.9. The summed E-state index contributed by atoms with van der Waals surface area (Å²) in [6.07, 6.45) is 6.66. The predicted octanol–water partition coefficient (Wildman–Crippen LogP) is 1.59. The van der Waals surface area contributed by atoms with Gasteiger partial charge in [0.15, 0.2) is 0 Å². The highest BCUT2D eigenvalue weighted by molar-refractivity contribution is 5.74. The lowest BCUT2D eigenvalue weighted by atomic mass is 9.96. The second-order valence-electron chi connectivity index (χ2n) is 5.24. The average Bonchev–Trinajstić information content (AvgIpc) is 2.43. The third-order valence-electron chi connectivity index (χ3n) is 3.38. The van der Waals surface area contributed by atoms with Gasteiger partial charge in [0, 0.05) is 26.1 Å². The third kappa shape index (κ3) is 5.75. The van der Waals surface area contributed by atoms with E-state index in [4.69, 9.17) is 4.74 Å². The molecule has 1 rings (SSSR count). The number of carbonyl (C=O) groups excluding carboxylic acids is 1. The molecule has 5 nitrogen and oxygen atoms in total. The van der Waals surface area contributed by atoms with E-state index < -0.39 is 6.10 Å². The van der Waals surface area contributed by atoms with E-state index in [1.165, 1.54) is 0 Å². The maximum atomic E-state index is 11.5. The largest absolute Gasteiger partial charge is 0.389 e. The van der Waals surface area contributed by atoms with Crippen LogP contribution in [0.5, 0.6) is 0 Å². The minimum Gasteiger partial charge on any atom is -0.389 e. The Balaban J connectivity index is 2.78. The first kappa shape index (κ1) is 16.7. The number of hydrogen-bond acceptors (Lipinski definition) is 3. The van der Waals surface area contributed by atoms with Gasteiger partial charge in [0.25, 0.3) is 0 Å². The van der Waals surface area contributed by atoms with Crippen molar-refractivity contribution in [1.29, 1.82) is 0 Å². The van der Waals surface area contributed by atoms with Crippen molar-refractivity contribution in [2.45, 2.75) is 38.9 Å². The zero-order valence-corrected chi connectivity index (χ0v) is 12.6. The highest BCUT2D eigenvalue weighted by Crippen LogP contribution is 2.15.